The van der Waals surface area contributed by atoms with Crippen molar-refractivity contribution in [3.05, 3.63) is 23.9 Å². The molecule has 0 radical (unpaired) electrons. The van der Waals surface area contributed by atoms with Crippen LogP contribution in [-0.2, 0) is 4.74 Å². The van der Waals surface area contributed by atoms with E-state index in [1.165, 1.54) is 0 Å². The zero-order valence-corrected chi connectivity index (χ0v) is 10.2. The number of amides is 1. The van der Waals surface area contributed by atoms with E-state index in [2.05, 4.69) is 4.98 Å². The summed E-state index contributed by atoms with van der Waals surface area (Å²) in [5.74, 6) is 0.361. The molecule has 5 heteroatoms. The number of morpholine rings is 1. The number of nitrogens with zero attached hydrogens (tertiary/aromatic N) is 2. The number of hydrogen-bond donors (Lipinski definition) is 1. The second-order valence-corrected chi connectivity index (χ2v) is 4.85. The third-order valence-electron chi connectivity index (χ3n) is 3.73. The van der Waals surface area contributed by atoms with Crippen LogP contribution in [-0.4, -0.2) is 41.1 Å². The SMILES string of the molecule is Nc1cccc(C(=O)N2CCOC3CCCC32)n1. The molecule has 0 bridgehead atoms. The maximum absolute atomic E-state index is 12.4. The summed E-state index contributed by atoms with van der Waals surface area (Å²) >= 11 is 0. The number of rotatable bonds is 1. The fraction of sp³-hybridized carbons (Fsp3) is 0.538. The summed E-state index contributed by atoms with van der Waals surface area (Å²) in [5.41, 5.74) is 6.06. The quantitative estimate of drug-likeness (QED) is 0.805. The van der Waals surface area contributed by atoms with Gasteiger partial charge in [-0.25, -0.2) is 4.98 Å². The molecule has 1 amide bonds. The normalized spacial score (nSPS) is 27.0. The van der Waals surface area contributed by atoms with Crippen LogP contribution in [0.15, 0.2) is 18.2 Å². The fourth-order valence-corrected chi connectivity index (χ4v) is 2.90. The molecular weight excluding hydrogens is 230 g/mol. The highest BCUT2D eigenvalue weighted by Gasteiger charge is 2.38. The van der Waals surface area contributed by atoms with Crippen LogP contribution in [0.4, 0.5) is 5.82 Å². The Bertz CT molecular complexity index is 463. The van der Waals surface area contributed by atoms with Gasteiger partial charge in [-0.3, -0.25) is 4.79 Å². The van der Waals surface area contributed by atoms with E-state index in [0.29, 0.717) is 24.7 Å². The highest BCUT2D eigenvalue weighted by Crippen LogP contribution is 2.30. The third kappa shape index (κ3) is 1.95. The molecule has 2 atom stereocenters. The van der Waals surface area contributed by atoms with E-state index in [0.717, 1.165) is 19.3 Å². The predicted octanol–water partition coefficient (Wildman–Crippen LogP) is 1.06. The molecule has 0 spiro atoms. The van der Waals surface area contributed by atoms with E-state index in [9.17, 15) is 4.79 Å². The van der Waals surface area contributed by atoms with Crippen LogP contribution in [0.1, 0.15) is 29.8 Å². The number of anilines is 1. The predicted molar refractivity (Wildman–Crippen MR) is 67.1 cm³/mol. The van der Waals surface area contributed by atoms with Crippen molar-refractivity contribution >= 4 is 11.7 Å². The first-order chi connectivity index (χ1) is 8.75. The number of carbonyl (C=O) groups is 1. The summed E-state index contributed by atoms with van der Waals surface area (Å²) < 4.78 is 5.70. The zero-order valence-electron chi connectivity index (χ0n) is 10.2. The standard InChI is InChI=1S/C13H17N3O2/c14-12-6-1-3-9(15-12)13(17)16-7-8-18-11-5-2-4-10(11)16/h1,3,6,10-11H,2,4-5,7-8H2,(H2,14,15). The van der Waals surface area contributed by atoms with Gasteiger partial charge < -0.3 is 15.4 Å². The molecule has 18 heavy (non-hydrogen) atoms. The third-order valence-corrected chi connectivity index (χ3v) is 3.73. The number of fused-ring (bicyclic) bond motifs is 1. The van der Waals surface area contributed by atoms with Crippen LogP contribution in [0, 0.1) is 0 Å². The van der Waals surface area contributed by atoms with E-state index in [4.69, 9.17) is 10.5 Å². The second kappa shape index (κ2) is 4.57. The smallest absolute Gasteiger partial charge is 0.272 e. The minimum absolute atomic E-state index is 0.0255. The topological polar surface area (TPSA) is 68.5 Å². The average molecular weight is 247 g/mol. The average Bonchev–Trinajstić information content (AvgIpc) is 2.86. The lowest BCUT2D eigenvalue weighted by molar-refractivity contribution is -0.0447. The lowest BCUT2D eigenvalue weighted by Gasteiger charge is -2.37. The minimum Gasteiger partial charge on any atom is -0.384 e. The first-order valence-electron chi connectivity index (χ1n) is 6.41. The van der Waals surface area contributed by atoms with Gasteiger partial charge in [0.25, 0.3) is 5.91 Å². The van der Waals surface area contributed by atoms with Gasteiger partial charge in [-0.15, -0.1) is 0 Å². The monoisotopic (exact) mass is 247 g/mol. The van der Waals surface area contributed by atoms with Crippen molar-refractivity contribution < 1.29 is 9.53 Å². The molecule has 2 fully saturated rings. The zero-order chi connectivity index (χ0) is 12.5. The number of carbonyl (C=O) groups excluding carboxylic acids is 1. The van der Waals surface area contributed by atoms with Gasteiger partial charge in [-0.2, -0.15) is 0 Å². The maximum atomic E-state index is 12.4. The van der Waals surface area contributed by atoms with Crippen LogP contribution in [0.3, 0.4) is 0 Å². The summed E-state index contributed by atoms with van der Waals surface area (Å²) in [6, 6.07) is 5.39. The van der Waals surface area contributed by atoms with Gasteiger partial charge in [0.05, 0.1) is 18.8 Å². The summed E-state index contributed by atoms with van der Waals surface area (Å²) in [6.45, 7) is 1.27. The number of nitrogen functional groups attached to an aromatic ring is 1. The Morgan fingerprint density at radius 3 is 3.17 bits per heavy atom. The summed E-state index contributed by atoms with van der Waals surface area (Å²) in [4.78, 5) is 18.5. The van der Waals surface area contributed by atoms with E-state index < -0.39 is 0 Å². The van der Waals surface area contributed by atoms with Crippen LogP contribution < -0.4 is 5.73 Å². The number of aromatic nitrogens is 1. The van der Waals surface area contributed by atoms with Gasteiger partial charge in [-0.05, 0) is 31.4 Å². The van der Waals surface area contributed by atoms with E-state index in [1.54, 1.807) is 18.2 Å². The summed E-state index contributed by atoms with van der Waals surface area (Å²) in [6.07, 6.45) is 3.42. The molecule has 2 N–H and O–H groups in total. The molecule has 2 unspecified atom stereocenters. The number of pyridine rings is 1. The van der Waals surface area contributed by atoms with Crippen molar-refractivity contribution in [3.63, 3.8) is 0 Å². The van der Waals surface area contributed by atoms with Crippen molar-refractivity contribution in [2.45, 2.75) is 31.4 Å². The van der Waals surface area contributed by atoms with Gasteiger partial charge in [-0.1, -0.05) is 6.07 Å². The summed E-state index contributed by atoms with van der Waals surface area (Å²) in [7, 11) is 0. The van der Waals surface area contributed by atoms with Gasteiger partial charge in [0.15, 0.2) is 0 Å². The number of ether oxygens (including phenoxy) is 1. The second-order valence-electron chi connectivity index (χ2n) is 4.85. The Labute approximate surface area is 106 Å². The van der Waals surface area contributed by atoms with Crippen molar-refractivity contribution in [1.29, 1.82) is 0 Å². The molecule has 0 aromatic carbocycles. The van der Waals surface area contributed by atoms with Gasteiger partial charge in [0.2, 0.25) is 0 Å². The Morgan fingerprint density at radius 2 is 2.33 bits per heavy atom. The van der Waals surface area contributed by atoms with Crippen molar-refractivity contribution in [1.82, 2.24) is 9.88 Å². The Morgan fingerprint density at radius 1 is 1.44 bits per heavy atom. The van der Waals surface area contributed by atoms with Crippen LogP contribution in [0.5, 0.6) is 0 Å². The Hall–Kier alpha value is -1.62. The lowest BCUT2D eigenvalue weighted by Crippen LogP contribution is -2.51. The molecule has 1 saturated carbocycles. The first-order valence-corrected chi connectivity index (χ1v) is 6.41. The largest absolute Gasteiger partial charge is 0.384 e. The number of nitrogens with two attached hydrogens (primary N) is 1. The fourth-order valence-electron chi connectivity index (χ4n) is 2.90. The highest BCUT2D eigenvalue weighted by molar-refractivity contribution is 5.93. The van der Waals surface area contributed by atoms with Crippen molar-refractivity contribution in [3.8, 4) is 0 Å². The van der Waals surface area contributed by atoms with E-state index >= 15 is 0 Å². The van der Waals surface area contributed by atoms with E-state index in [1.807, 2.05) is 4.90 Å². The molecule has 96 valence electrons. The first kappa shape index (κ1) is 11.5. The highest BCUT2D eigenvalue weighted by atomic mass is 16.5. The Kier molecular flexibility index (Phi) is 2.91. The van der Waals surface area contributed by atoms with Crippen LogP contribution >= 0.6 is 0 Å². The van der Waals surface area contributed by atoms with Crippen molar-refractivity contribution in [2.75, 3.05) is 18.9 Å². The molecule has 2 aliphatic rings. The van der Waals surface area contributed by atoms with Gasteiger partial charge >= 0.3 is 0 Å². The Balaban J connectivity index is 1.83. The molecule has 1 aromatic rings. The minimum atomic E-state index is -0.0255. The summed E-state index contributed by atoms with van der Waals surface area (Å²) in [5, 5.41) is 0. The lowest BCUT2D eigenvalue weighted by atomic mass is 10.1. The van der Waals surface area contributed by atoms with Crippen LogP contribution in [0.2, 0.25) is 0 Å². The molecular formula is C13H17N3O2. The number of hydrogen-bond acceptors (Lipinski definition) is 4. The van der Waals surface area contributed by atoms with E-state index in [-0.39, 0.29) is 18.1 Å². The molecule has 1 aliphatic carbocycles. The molecule has 5 nitrogen and oxygen atoms in total. The van der Waals surface area contributed by atoms with Crippen LogP contribution in [0.25, 0.3) is 0 Å². The molecule has 1 saturated heterocycles. The molecule has 1 aliphatic heterocycles. The van der Waals surface area contributed by atoms with Gasteiger partial charge in [0.1, 0.15) is 11.5 Å². The maximum Gasteiger partial charge on any atom is 0.272 e. The molecule has 2 heterocycles. The van der Waals surface area contributed by atoms with Gasteiger partial charge in [0, 0.05) is 6.54 Å². The van der Waals surface area contributed by atoms with Crippen molar-refractivity contribution in [2.24, 2.45) is 0 Å². The molecule has 1 aromatic heterocycles. The molecule has 3 rings (SSSR count).